The molecule has 1 N–H and O–H groups in total. The number of rotatable bonds is 4. The quantitative estimate of drug-likeness (QED) is 0.351. The molecule has 158 valence electrons. The normalized spacial score (nSPS) is 11.6. The summed E-state index contributed by atoms with van der Waals surface area (Å²) in [5.41, 5.74) is 1.21. The Kier molecular flexibility index (Phi) is 4.99. The van der Waals surface area contributed by atoms with Crippen LogP contribution in [0.4, 0.5) is 0 Å². The number of aromatic nitrogens is 2. The minimum atomic E-state index is -0.358. The molecule has 0 aliphatic rings. The van der Waals surface area contributed by atoms with Crippen molar-refractivity contribution in [1.82, 2.24) is 9.66 Å². The Morgan fingerprint density at radius 2 is 1.94 bits per heavy atom. The van der Waals surface area contributed by atoms with Gasteiger partial charge in [-0.1, -0.05) is 34.1 Å². The molecule has 0 aliphatic heterocycles. The SMILES string of the molecule is COc1cccc2oc(-c3nc4ccccc4c(=O)n3N=Cc3cc(Br)ccc3O)cc12. The van der Waals surface area contributed by atoms with E-state index in [1.165, 1.54) is 10.9 Å². The number of methoxy groups -OCH3 is 1. The molecule has 0 fully saturated rings. The number of nitrogens with zero attached hydrogens (tertiary/aromatic N) is 3. The standard InChI is InChI=1S/C24H16BrN3O4/c1-31-20-7-4-8-21-17(20)12-22(32-21)23-27-18-6-3-2-5-16(18)24(30)28(23)26-13-14-11-15(25)9-10-19(14)29/h2-13,29H,1H3. The van der Waals surface area contributed by atoms with Crippen LogP contribution in [0.25, 0.3) is 33.5 Å². The van der Waals surface area contributed by atoms with Crippen LogP contribution in [0.2, 0.25) is 0 Å². The second kappa shape index (κ2) is 7.97. The third-order valence-electron chi connectivity index (χ3n) is 5.02. The molecule has 7 nitrogen and oxygen atoms in total. The number of aromatic hydroxyl groups is 1. The van der Waals surface area contributed by atoms with Gasteiger partial charge in [0, 0.05) is 10.0 Å². The highest BCUT2D eigenvalue weighted by Gasteiger charge is 2.18. The summed E-state index contributed by atoms with van der Waals surface area (Å²) in [5, 5.41) is 15.7. The van der Waals surface area contributed by atoms with Gasteiger partial charge in [-0.2, -0.15) is 9.78 Å². The van der Waals surface area contributed by atoms with Crippen LogP contribution >= 0.6 is 15.9 Å². The maximum Gasteiger partial charge on any atom is 0.282 e. The lowest BCUT2D eigenvalue weighted by atomic mass is 10.2. The molecule has 0 atom stereocenters. The zero-order chi connectivity index (χ0) is 22.2. The number of para-hydroxylation sites is 1. The number of fused-ring (bicyclic) bond motifs is 2. The van der Waals surface area contributed by atoms with Crippen molar-refractivity contribution in [2.75, 3.05) is 7.11 Å². The molecule has 0 saturated carbocycles. The molecular formula is C24H16BrN3O4. The molecule has 0 aliphatic carbocycles. The van der Waals surface area contributed by atoms with E-state index in [4.69, 9.17) is 9.15 Å². The third kappa shape index (κ3) is 3.44. The molecule has 5 rings (SSSR count). The van der Waals surface area contributed by atoms with Crippen molar-refractivity contribution in [2.45, 2.75) is 0 Å². The summed E-state index contributed by atoms with van der Waals surface area (Å²) in [5.74, 6) is 1.28. The number of hydrogen-bond donors (Lipinski definition) is 1. The second-order valence-corrected chi connectivity index (χ2v) is 7.92. The van der Waals surface area contributed by atoms with E-state index in [2.05, 4.69) is 26.0 Å². The van der Waals surface area contributed by atoms with Crippen LogP contribution in [0.15, 0.2) is 85.5 Å². The monoisotopic (exact) mass is 489 g/mol. The van der Waals surface area contributed by atoms with E-state index in [9.17, 15) is 9.90 Å². The molecule has 32 heavy (non-hydrogen) atoms. The highest BCUT2D eigenvalue weighted by molar-refractivity contribution is 9.10. The Morgan fingerprint density at radius 1 is 1.09 bits per heavy atom. The molecule has 0 amide bonds. The van der Waals surface area contributed by atoms with Gasteiger partial charge in [-0.05, 0) is 48.5 Å². The molecule has 5 aromatic rings. The van der Waals surface area contributed by atoms with Gasteiger partial charge in [0.1, 0.15) is 17.1 Å². The molecule has 8 heteroatoms. The predicted octanol–water partition coefficient (Wildman–Crippen LogP) is 5.17. The summed E-state index contributed by atoms with van der Waals surface area (Å²) < 4.78 is 13.4. The summed E-state index contributed by atoms with van der Waals surface area (Å²) in [7, 11) is 1.58. The van der Waals surface area contributed by atoms with E-state index in [1.807, 2.05) is 24.3 Å². The number of hydrogen-bond acceptors (Lipinski definition) is 6. The average Bonchev–Trinajstić information content (AvgIpc) is 3.25. The minimum absolute atomic E-state index is 0.0359. The van der Waals surface area contributed by atoms with Gasteiger partial charge in [0.05, 0.1) is 29.6 Å². The summed E-state index contributed by atoms with van der Waals surface area (Å²) in [6, 6.07) is 19.2. The van der Waals surface area contributed by atoms with E-state index in [1.54, 1.807) is 49.6 Å². The Balaban J connectivity index is 1.76. The highest BCUT2D eigenvalue weighted by Crippen LogP contribution is 2.33. The average molecular weight is 490 g/mol. The van der Waals surface area contributed by atoms with Crippen molar-refractivity contribution in [3.05, 3.63) is 87.1 Å². The summed E-state index contributed by atoms with van der Waals surface area (Å²) in [4.78, 5) is 18.0. The van der Waals surface area contributed by atoms with E-state index in [0.29, 0.717) is 33.6 Å². The third-order valence-corrected chi connectivity index (χ3v) is 5.51. The molecule has 0 unspecified atom stereocenters. The summed E-state index contributed by atoms with van der Waals surface area (Å²) >= 11 is 3.37. The molecule has 3 aromatic carbocycles. The summed E-state index contributed by atoms with van der Waals surface area (Å²) in [6.45, 7) is 0. The van der Waals surface area contributed by atoms with Gasteiger partial charge < -0.3 is 14.3 Å². The highest BCUT2D eigenvalue weighted by atomic mass is 79.9. The van der Waals surface area contributed by atoms with Gasteiger partial charge in [-0.3, -0.25) is 4.79 Å². The van der Waals surface area contributed by atoms with Gasteiger partial charge in [-0.25, -0.2) is 4.98 Å². The number of phenolic OH excluding ortho intramolecular Hbond substituents is 1. The topological polar surface area (TPSA) is 89.9 Å². The molecular weight excluding hydrogens is 474 g/mol. The van der Waals surface area contributed by atoms with Gasteiger partial charge >= 0.3 is 0 Å². The first-order valence-corrected chi connectivity index (χ1v) is 10.5. The van der Waals surface area contributed by atoms with Crippen LogP contribution in [0, 0.1) is 0 Å². The van der Waals surface area contributed by atoms with Crippen LogP contribution in [-0.2, 0) is 0 Å². The number of halogens is 1. The maximum atomic E-state index is 13.3. The van der Waals surface area contributed by atoms with Crippen molar-refractivity contribution >= 4 is 44.0 Å². The fourth-order valence-corrected chi connectivity index (χ4v) is 3.84. The number of phenols is 1. The number of ether oxygens (including phenoxy) is 1. The lowest BCUT2D eigenvalue weighted by molar-refractivity contribution is 0.419. The molecule has 0 saturated heterocycles. The van der Waals surface area contributed by atoms with Crippen molar-refractivity contribution in [3.8, 4) is 23.1 Å². The largest absolute Gasteiger partial charge is 0.507 e. The lowest BCUT2D eigenvalue weighted by Crippen LogP contribution is -2.20. The van der Waals surface area contributed by atoms with Crippen LogP contribution in [0.5, 0.6) is 11.5 Å². The van der Waals surface area contributed by atoms with Gasteiger partial charge in [-0.15, -0.1) is 0 Å². The van der Waals surface area contributed by atoms with Gasteiger partial charge in [0.2, 0.25) is 5.82 Å². The zero-order valence-corrected chi connectivity index (χ0v) is 18.4. The van der Waals surface area contributed by atoms with E-state index in [-0.39, 0.29) is 17.1 Å². The minimum Gasteiger partial charge on any atom is -0.507 e. The molecule has 0 spiro atoms. The smallest absolute Gasteiger partial charge is 0.282 e. The van der Waals surface area contributed by atoms with Crippen molar-refractivity contribution in [3.63, 3.8) is 0 Å². The van der Waals surface area contributed by atoms with Crippen molar-refractivity contribution in [1.29, 1.82) is 0 Å². The molecule has 0 bridgehead atoms. The molecule has 2 heterocycles. The molecule has 2 aromatic heterocycles. The Bertz CT molecular complexity index is 1570. The van der Waals surface area contributed by atoms with Gasteiger partial charge in [0.25, 0.3) is 5.56 Å². The van der Waals surface area contributed by atoms with E-state index < -0.39 is 0 Å². The fraction of sp³-hybridized carbons (Fsp3) is 0.0417. The summed E-state index contributed by atoms with van der Waals surface area (Å²) in [6.07, 6.45) is 1.41. The fourth-order valence-electron chi connectivity index (χ4n) is 3.46. The number of furan rings is 1. The van der Waals surface area contributed by atoms with Crippen LogP contribution in [-0.4, -0.2) is 28.1 Å². The first-order valence-electron chi connectivity index (χ1n) is 9.67. The van der Waals surface area contributed by atoms with Gasteiger partial charge in [0.15, 0.2) is 5.76 Å². The van der Waals surface area contributed by atoms with Crippen LogP contribution < -0.4 is 10.3 Å². The second-order valence-electron chi connectivity index (χ2n) is 7.00. The van der Waals surface area contributed by atoms with Crippen LogP contribution in [0.1, 0.15) is 5.56 Å². The zero-order valence-electron chi connectivity index (χ0n) is 16.8. The first kappa shape index (κ1) is 20.0. The van der Waals surface area contributed by atoms with Crippen LogP contribution in [0.3, 0.4) is 0 Å². The Labute approximate surface area is 190 Å². The van der Waals surface area contributed by atoms with Crippen molar-refractivity contribution < 1.29 is 14.3 Å². The van der Waals surface area contributed by atoms with Crippen molar-refractivity contribution in [2.24, 2.45) is 5.10 Å². The Morgan fingerprint density at radius 3 is 2.78 bits per heavy atom. The number of benzene rings is 3. The predicted molar refractivity (Wildman–Crippen MR) is 127 cm³/mol. The maximum absolute atomic E-state index is 13.3. The Hall–Kier alpha value is -3.91. The van der Waals surface area contributed by atoms with E-state index in [0.717, 1.165) is 9.86 Å². The molecule has 0 radical (unpaired) electrons. The van der Waals surface area contributed by atoms with E-state index >= 15 is 0 Å². The first-order chi connectivity index (χ1) is 15.5. The lowest BCUT2D eigenvalue weighted by Gasteiger charge is -2.07.